The van der Waals surface area contributed by atoms with E-state index < -0.39 is 0 Å². The first-order valence-corrected chi connectivity index (χ1v) is 4.67. The minimum atomic E-state index is 0. The molecule has 1 aromatic carbocycles. The van der Waals surface area contributed by atoms with Crippen molar-refractivity contribution < 1.29 is 5.11 Å². The maximum absolute atomic E-state index is 9.30. The van der Waals surface area contributed by atoms with Crippen LogP contribution in [0.25, 0.3) is 0 Å². The number of benzene rings is 1. The molecular weight excluding hydrogens is 198 g/mol. The zero-order chi connectivity index (χ0) is 9.84. The molecule has 0 amide bonds. The van der Waals surface area contributed by atoms with Gasteiger partial charge >= 0.3 is 0 Å². The Balaban J connectivity index is 0.00000169. The van der Waals surface area contributed by atoms with Gasteiger partial charge in [0.25, 0.3) is 0 Å². The summed E-state index contributed by atoms with van der Waals surface area (Å²) in [6, 6.07) is 5.87. The molecule has 0 saturated heterocycles. The second-order valence-electron chi connectivity index (χ2n) is 3.49. The molecule has 0 heterocycles. The van der Waals surface area contributed by atoms with Crippen molar-refractivity contribution in [3.63, 3.8) is 0 Å². The number of hydrogen-bond donors (Lipinski definition) is 2. The van der Waals surface area contributed by atoms with Crippen LogP contribution in [0.5, 0.6) is 5.75 Å². The molecule has 0 radical (unpaired) electrons. The predicted octanol–water partition coefficient (Wildman–Crippen LogP) is 2.40. The molecule has 80 valence electrons. The van der Waals surface area contributed by atoms with Gasteiger partial charge in [-0.05, 0) is 37.0 Å². The lowest BCUT2D eigenvalue weighted by atomic mass is 10.0. The molecule has 0 aliphatic carbocycles. The van der Waals surface area contributed by atoms with Crippen LogP contribution in [0.4, 0.5) is 0 Å². The molecule has 0 aromatic heterocycles. The average Bonchev–Trinajstić information content (AvgIpc) is 2.11. The first kappa shape index (κ1) is 13.3. The van der Waals surface area contributed by atoms with E-state index in [9.17, 15) is 5.11 Å². The first-order chi connectivity index (χ1) is 6.13. The maximum Gasteiger partial charge on any atom is 0.118 e. The van der Waals surface area contributed by atoms with Gasteiger partial charge in [0.1, 0.15) is 5.75 Å². The molecule has 0 aliphatic heterocycles. The number of halogens is 1. The predicted molar refractivity (Wildman–Crippen MR) is 62.1 cm³/mol. The molecule has 0 fully saturated rings. The molecule has 3 heteroatoms. The third-order valence-electron chi connectivity index (χ3n) is 2.28. The van der Waals surface area contributed by atoms with Crippen molar-refractivity contribution in [1.82, 2.24) is 0 Å². The van der Waals surface area contributed by atoms with Crippen LogP contribution >= 0.6 is 12.4 Å². The van der Waals surface area contributed by atoms with Gasteiger partial charge in [0.05, 0.1) is 0 Å². The molecule has 0 spiro atoms. The molecule has 1 aromatic rings. The van der Waals surface area contributed by atoms with Crippen LogP contribution in [0.1, 0.15) is 24.5 Å². The molecule has 1 atom stereocenters. The summed E-state index contributed by atoms with van der Waals surface area (Å²) < 4.78 is 0. The molecule has 2 nitrogen and oxygen atoms in total. The van der Waals surface area contributed by atoms with Gasteiger partial charge in [-0.3, -0.25) is 0 Å². The third-order valence-corrected chi connectivity index (χ3v) is 2.28. The normalized spacial score (nSPS) is 11.9. The van der Waals surface area contributed by atoms with Crippen LogP contribution in [0.2, 0.25) is 0 Å². The number of hydrogen-bond acceptors (Lipinski definition) is 2. The SMILES string of the molecule is CCC(N)Cc1ccc(O)c(C)c1.Cl. The smallest absolute Gasteiger partial charge is 0.118 e. The summed E-state index contributed by atoms with van der Waals surface area (Å²) in [5.74, 6) is 0.355. The van der Waals surface area contributed by atoms with E-state index in [1.165, 1.54) is 5.56 Å². The van der Waals surface area contributed by atoms with Gasteiger partial charge in [-0.25, -0.2) is 0 Å². The van der Waals surface area contributed by atoms with Crippen LogP contribution in [0.15, 0.2) is 18.2 Å². The zero-order valence-corrected chi connectivity index (χ0v) is 9.47. The number of phenolic OH excluding ortho intramolecular Hbond substituents is 1. The second-order valence-corrected chi connectivity index (χ2v) is 3.49. The van der Waals surface area contributed by atoms with Gasteiger partial charge in [-0.2, -0.15) is 0 Å². The van der Waals surface area contributed by atoms with Crippen LogP contribution in [-0.2, 0) is 6.42 Å². The molecule has 0 bridgehead atoms. The molecule has 14 heavy (non-hydrogen) atoms. The molecule has 3 N–H and O–H groups in total. The molecule has 0 aliphatic rings. The van der Waals surface area contributed by atoms with Crippen molar-refractivity contribution in [3.8, 4) is 5.75 Å². The Morgan fingerprint density at radius 1 is 1.43 bits per heavy atom. The van der Waals surface area contributed by atoms with Gasteiger partial charge in [0.2, 0.25) is 0 Å². The number of aromatic hydroxyl groups is 1. The van der Waals surface area contributed by atoms with Gasteiger partial charge in [0, 0.05) is 6.04 Å². The van der Waals surface area contributed by atoms with E-state index in [-0.39, 0.29) is 18.4 Å². The van der Waals surface area contributed by atoms with E-state index in [0.717, 1.165) is 18.4 Å². The number of aryl methyl sites for hydroxylation is 1. The Hall–Kier alpha value is -0.730. The largest absolute Gasteiger partial charge is 0.508 e. The summed E-state index contributed by atoms with van der Waals surface area (Å²) in [6.07, 6.45) is 1.87. The van der Waals surface area contributed by atoms with E-state index in [0.29, 0.717) is 5.75 Å². The summed E-state index contributed by atoms with van der Waals surface area (Å²) in [6.45, 7) is 3.98. The molecule has 1 rings (SSSR count). The topological polar surface area (TPSA) is 46.2 Å². The molecule has 1 unspecified atom stereocenters. The zero-order valence-electron chi connectivity index (χ0n) is 8.66. The van der Waals surface area contributed by atoms with Crippen molar-refractivity contribution in [2.24, 2.45) is 5.73 Å². The highest BCUT2D eigenvalue weighted by molar-refractivity contribution is 5.85. The Morgan fingerprint density at radius 3 is 2.57 bits per heavy atom. The number of phenols is 1. The lowest BCUT2D eigenvalue weighted by molar-refractivity contribution is 0.470. The minimum absolute atomic E-state index is 0. The monoisotopic (exact) mass is 215 g/mol. The van der Waals surface area contributed by atoms with Gasteiger partial charge in [0.15, 0.2) is 0 Å². The molecular formula is C11H18ClNO. The Labute approximate surface area is 91.5 Å². The summed E-state index contributed by atoms with van der Waals surface area (Å²) in [4.78, 5) is 0. The average molecular weight is 216 g/mol. The minimum Gasteiger partial charge on any atom is -0.508 e. The van der Waals surface area contributed by atoms with Crippen LogP contribution < -0.4 is 5.73 Å². The van der Waals surface area contributed by atoms with E-state index in [1.807, 2.05) is 19.1 Å². The Morgan fingerprint density at radius 2 is 2.07 bits per heavy atom. The van der Waals surface area contributed by atoms with Gasteiger partial charge in [-0.15, -0.1) is 12.4 Å². The fraction of sp³-hybridized carbons (Fsp3) is 0.455. The quantitative estimate of drug-likeness (QED) is 0.814. The molecule has 0 saturated carbocycles. The highest BCUT2D eigenvalue weighted by Gasteiger charge is 2.02. The van der Waals surface area contributed by atoms with E-state index in [2.05, 4.69) is 6.92 Å². The highest BCUT2D eigenvalue weighted by Crippen LogP contribution is 2.17. The van der Waals surface area contributed by atoms with Crippen LogP contribution in [-0.4, -0.2) is 11.1 Å². The van der Waals surface area contributed by atoms with Crippen LogP contribution in [0, 0.1) is 6.92 Å². The number of rotatable bonds is 3. The van der Waals surface area contributed by atoms with Crippen LogP contribution in [0.3, 0.4) is 0 Å². The number of nitrogens with two attached hydrogens (primary N) is 1. The van der Waals surface area contributed by atoms with Crippen molar-refractivity contribution in [2.45, 2.75) is 32.7 Å². The van der Waals surface area contributed by atoms with Crippen molar-refractivity contribution in [2.75, 3.05) is 0 Å². The Kier molecular flexibility index (Phi) is 5.58. The maximum atomic E-state index is 9.30. The first-order valence-electron chi connectivity index (χ1n) is 4.67. The summed E-state index contributed by atoms with van der Waals surface area (Å²) >= 11 is 0. The fourth-order valence-electron chi connectivity index (χ4n) is 1.29. The summed E-state index contributed by atoms with van der Waals surface area (Å²) in [5, 5.41) is 9.30. The van der Waals surface area contributed by atoms with Crippen molar-refractivity contribution in [3.05, 3.63) is 29.3 Å². The van der Waals surface area contributed by atoms with Gasteiger partial charge < -0.3 is 10.8 Å². The Bertz CT molecular complexity index is 289. The summed E-state index contributed by atoms with van der Waals surface area (Å²) in [5.41, 5.74) is 7.95. The van der Waals surface area contributed by atoms with E-state index in [1.54, 1.807) is 6.07 Å². The van der Waals surface area contributed by atoms with E-state index >= 15 is 0 Å². The van der Waals surface area contributed by atoms with Crippen molar-refractivity contribution in [1.29, 1.82) is 0 Å². The second kappa shape index (κ2) is 5.89. The standard InChI is InChI=1S/C11H17NO.ClH/c1-3-10(12)7-9-4-5-11(13)8(2)6-9;/h4-6,10,13H,3,7,12H2,1-2H3;1H. The summed E-state index contributed by atoms with van der Waals surface area (Å²) in [7, 11) is 0. The highest BCUT2D eigenvalue weighted by atomic mass is 35.5. The lowest BCUT2D eigenvalue weighted by Gasteiger charge is -2.09. The fourth-order valence-corrected chi connectivity index (χ4v) is 1.29. The van der Waals surface area contributed by atoms with Gasteiger partial charge in [-0.1, -0.05) is 19.1 Å². The third kappa shape index (κ3) is 3.56. The van der Waals surface area contributed by atoms with Crippen molar-refractivity contribution >= 4 is 12.4 Å². The van der Waals surface area contributed by atoms with E-state index in [4.69, 9.17) is 5.73 Å². The lowest BCUT2D eigenvalue weighted by Crippen LogP contribution is -2.21.